The van der Waals surface area contributed by atoms with Crippen LogP contribution in [-0.4, -0.2) is 41.4 Å². The molecule has 1 aliphatic rings. The second kappa shape index (κ2) is 7.24. The van der Waals surface area contributed by atoms with Crippen LogP contribution in [0.15, 0.2) is 47.4 Å². The fourth-order valence-corrected chi connectivity index (χ4v) is 3.32. The maximum atomic E-state index is 12.9. The first kappa shape index (κ1) is 17.9. The van der Waals surface area contributed by atoms with Gasteiger partial charge in [-0.05, 0) is 42.8 Å². The minimum absolute atomic E-state index is 0.121. The third-order valence-electron chi connectivity index (χ3n) is 4.68. The van der Waals surface area contributed by atoms with Crippen LogP contribution in [0.25, 0.3) is 10.9 Å². The molecule has 0 spiro atoms. The van der Waals surface area contributed by atoms with Gasteiger partial charge in [-0.15, -0.1) is 0 Å². The molecule has 3 aromatic rings. The minimum atomic E-state index is -0.351. The molecule has 3 N–H and O–H groups in total. The van der Waals surface area contributed by atoms with Crippen molar-refractivity contribution >= 4 is 34.2 Å². The van der Waals surface area contributed by atoms with Gasteiger partial charge in [0.2, 0.25) is 11.5 Å². The first-order chi connectivity index (χ1) is 13.5. The minimum Gasteiger partial charge on any atom is -0.322 e. The number of H-pyrrole nitrogens is 1. The molecule has 142 valence electrons. The Balaban J connectivity index is 1.65. The number of carbonyl (C=O) groups excluding carboxylic acids is 2. The van der Waals surface area contributed by atoms with E-state index in [-0.39, 0.29) is 23.9 Å². The quantitative estimate of drug-likeness (QED) is 0.640. The van der Waals surface area contributed by atoms with Crippen LogP contribution in [0.2, 0.25) is 0 Å². The summed E-state index contributed by atoms with van der Waals surface area (Å²) < 4.78 is 0. The molecule has 1 saturated heterocycles. The summed E-state index contributed by atoms with van der Waals surface area (Å²) in [7, 11) is 0. The van der Waals surface area contributed by atoms with Gasteiger partial charge in [-0.2, -0.15) is 0 Å². The summed E-state index contributed by atoms with van der Waals surface area (Å²) in [6.07, 6.45) is 1.57. The number of aromatic nitrogens is 2. The van der Waals surface area contributed by atoms with Gasteiger partial charge in [0.15, 0.2) is 0 Å². The predicted molar refractivity (Wildman–Crippen MR) is 107 cm³/mol. The summed E-state index contributed by atoms with van der Waals surface area (Å²) in [4.78, 5) is 45.3. The Morgan fingerprint density at radius 2 is 2.07 bits per heavy atom. The van der Waals surface area contributed by atoms with Gasteiger partial charge >= 0.3 is 0 Å². The Labute approximate surface area is 160 Å². The molecule has 0 aliphatic carbocycles. The number of aryl methyl sites for hydroxylation is 1. The molecule has 3 heterocycles. The molecule has 0 atom stereocenters. The van der Waals surface area contributed by atoms with Gasteiger partial charge < -0.3 is 15.6 Å². The zero-order valence-electron chi connectivity index (χ0n) is 15.3. The lowest BCUT2D eigenvalue weighted by Gasteiger charge is -2.27. The monoisotopic (exact) mass is 377 g/mol. The molecule has 0 radical (unpaired) electrons. The third kappa shape index (κ3) is 3.37. The molecule has 28 heavy (non-hydrogen) atoms. The highest BCUT2D eigenvalue weighted by Crippen LogP contribution is 2.23. The Kier molecular flexibility index (Phi) is 4.62. The molecule has 0 unspecified atom stereocenters. The lowest BCUT2D eigenvalue weighted by atomic mass is 10.1. The number of aromatic amines is 1. The molecule has 8 heteroatoms. The number of hydrogen-bond acceptors (Lipinski definition) is 5. The largest absolute Gasteiger partial charge is 0.322 e. The number of nitrogens with one attached hydrogen (secondary N) is 3. The second-order valence-electron chi connectivity index (χ2n) is 6.63. The maximum absolute atomic E-state index is 12.9. The fraction of sp³-hybridized carbons (Fsp3) is 0.200. The van der Waals surface area contributed by atoms with E-state index in [2.05, 4.69) is 20.6 Å². The lowest BCUT2D eigenvalue weighted by molar-refractivity contribution is -0.118. The van der Waals surface area contributed by atoms with Gasteiger partial charge in [0.25, 0.3) is 5.91 Å². The summed E-state index contributed by atoms with van der Waals surface area (Å²) in [5, 5.41) is 6.71. The molecule has 8 nitrogen and oxygen atoms in total. The smallest absolute Gasteiger partial charge is 0.259 e. The van der Waals surface area contributed by atoms with Crippen LogP contribution >= 0.6 is 0 Å². The number of amides is 2. The summed E-state index contributed by atoms with van der Waals surface area (Å²) in [6.45, 7) is 3.17. The first-order valence-electron chi connectivity index (χ1n) is 8.94. The van der Waals surface area contributed by atoms with Crippen LogP contribution in [0.4, 0.5) is 11.5 Å². The van der Waals surface area contributed by atoms with Crippen LogP contribution in [0, 0.1) is 6.92 Å². The van der Waals surface area contributed by atoms with Gasteiger partial charge in [-0.1, -0.05) is 0 Å². The van der Waals surface area contributed by atoms with E-state index in [1.165, 1.54) is 11.0 Å². The number of benzene rings is 1. The average Bonchev–Trinajstić information content (AvgIpc) is 2.69. The highest BCUT2D eigenvalue weighted by Gasteiger charge is 2.25. The Hall–Kier alpha value is -3.52. The van der Waals surface area contributed by atoms with E-state index in [1.807, 2.05) is 13.0 Å². The van der Waals surface area contributed by atoms with Crippen molar-refractivity contribution in [3.63, 3.8) is 0 Å². The molecule has 0 saturated carbocycles. The summed E-state index contributed by atoms with van der Waals surface area (Å²) in [5.41, 5.74) is 2.28. The van der Waals surface area contributed by atoms with E-state index < -0.39 is 0 Å². The summed E-state index contributed by atoms with van der Waals surface area (Å²) in [5.74, 6) is -0.118. The Morgan fingerprint density at radius 3 is 2.89 bits per heavy atom. The van der Waals surface area contributed by atoms with Crippen molar-refractivity contribution in [2.24, 2.45) is 0 Å². The summed E-state index contributed by atoms with van der Waals surface area (Å²) in [6, 6.07) is 10.1. The molecular formula is C20H19N5O3. The number of nitrogens with zero attached hydrogens (tertiary/aromatic N) is 2. The number of pyridine rings is 2. The molecule has 2 amide bonds. The van der Waals surface area contributed by atoms with Crippen LogP contribution < -0.4 is 21.1 Å². The van der Waals surface area contributed by atoms with Gasteiger partial charge in [-0.25, -0.2) is 4.98 Å². The van der Waals surface area contributed by atoms with Crippen molar-refractivity contribution < 1.29 is 9.59 Å². The number of fused-ring (bicyclic) bond motifs is 1. The van der Waals surface area contributed by atoms with Crippen molar-refractivity contribution in [2.45, 2.75) is 6.92 Å². The van der Waals surface area contributed by atoms with Gasteiger partial charge in [0.1, 0.15) is 5.82 Å². The molecule has 1 aromatic carbocycles. The van der Waals surface area contributed by atoms with Crippen molar-refractivity contribution in [3.05, 3.63) is 64.1 Å². The second-order valence-corrected chi connectivity index (χ2v) is 6.63. The van der Waals surface area contributed by atoms with E-state index >= 15 is 0 Å². The van der Waals surface area contributed by atoms with Crippen LogP contribution in [-0.2, 0) is 4.79 Å². The molecule has 2 aromatic heterocycles. The van der Waals surface area contributed by atoms with Gasteiger partial charge in [0.05, 0.1) is 12.1 Å². The number of carbonyl (C=O) groups is 2. The lowest BCUT2D eigenvalue weighted by Crippen LogP contribution is -2.49. The molecular weight excluding hydrogens is 358 g/mol. The molecule has 1 fully saturated rings. The predicted octanol–water partition coefficient (Wildman–Crippen LogP) is 1.42. The van der Waals surface area contributed by atoms with E-state index in [0.717, 1.165) is 10.9 Å². The van der Waals surface area contributed by atoms with Crippen molar-refractivity contribution in [3.8, 4) is 0 Å². The van der Waals surface area contributed by atoms with E-state index in [9.17, 15) is 14.4 Å². The highest BCUT2D eigenvalue weighted by molar-refractivity contribution is 6.10. The van der Waals surface area contributed by atoms with Gasteiger partial charge in [-0.3, -0.25) is 19.3 Å². The van der Waals surface area contributed by atoms with Crippen molar-refractivity contribution in [1.82, 2.24) is 15.3 Å². The zero-order valence-corrected chi connectivity index (χ0v) is 15.3. The van der Waals surface area contributed by atoms with Crippen LogP contribution in [0.1, 0.15) is 15.9 Å². The third-order valence-corrected chi connectivity index (χ3v) is 4.68. The summed E-state index contributed by atoms with van der Waals surface area (Å²) >= 11 is 0. The normalized spacial score (nSPS) is 14.3. The standard InChI is InChI=1S/C20H19N5O3/c1-12-9-17(26)24-16-5-4-13(10-15(12)16)23-20(28)14-3-2-6-22-19(14)25-8-7-21-11-18(25)27/h2-6,9-10,21H,7-8,11H2,1H3,(H,23,28)(H,24,26). The Bertz CT molecular complexity index is 1140. The number of anilines is 2. The SMILES string of the molecule is Cc1cc(=O)[nH]c2ccc(NC(=O)c3cccnc3N3CCNCC3=O)cc12. The number of hydrogen-bond donors (Lipinski definition) is 3. The van der Waals surface area contributed by atoms with Crippen molar-refractivity contribution in [2.75, 3.05) is 29.9 Å². The van der Waals surface area contributed by atoms with E-state index in [4.69, 9.17) is 0 Å². The maximum Gasteiger partial charge on any atom is 0.259 e. The molecule has 0 bridgehead atoms. The molecule has 1 aliphatic heterocycles. The first-order valence-corrected chi connectivity index (χ1v) is 8.94. The number of piperazine rings is 1. The Morgan fingerprint density at radius 1 is 1.21 bits per heavy atom. The van der Waals surface area contributed by atoms with E-state index in [1.54, 1.807) is 30.5 Å². The van der Waals surface area contributed by atoms with Crippen LogP contribution in [0.3, 0.4) is 0 Å². The zero-order chi connectivity index (χ0) is 19.7. The fourth-order valence-electron chi connectivity index (χ4n) is 3.32. The van der Waals surface area contributed by atoms with Crippen LogP contribution in [0.5, 0.6) is 0 Å². The average molecular weight is 377 g/mol. The van der Waals surface area contributed by atoms with Crippen molar-refractivity contribution in [1.29, 1.82) is 0 Å². The topological polar surface area (TPSA) is 107 Å². The molecule has 4 rings (SSSR count). The number of rotatable bonds is 3. The van der Waals surface area contributed by atoms with Gasteiger partial charge in [0, 0.05) is 41.9 Å². The van der Waals surface area contributed by atoms with E-state index in [0.29, 0.717) is 35.7 Å². The highest BCUT2D eigenvalue weighted by atomic mass is 16.2.